The summed E-state index contributed by atoms with van der Waals surface area (Å²) in [6.07, 6.45) is 5.41. The van der Waals surface area contributed by atoms with Crippen molar-refractivity contribution < 1.29 is 4.74 Å². The lowest BCUT2D eigenvalue weighted by Gasteiger charge is -2.34. The largest absolute Gasteiger partial charge is 0.494 e. The molecule has 84 valence electrons. The fraction of sp³-hybridized carbons (Fsp3) is 0.417. The second-order valence-corrected chi connectivity index (χ2v) is 5.01. The maximum atomic E-state index is 5.27. The van der Waals surface area contributed by atoms with Crippen molar-refractivity contribution >= 4 is 21.5 Å². The number of pyridine rings is 1. The molecule has 2 atom stereocenters. The van der Waals surface area contributed by atoms with Crippen LogP contribution in [0.3, 0.4) is 0 Å². The number of ether oxygens (including phenoxy) is 1. The van der Waals surface area contributed by atoms with Crippen LogP contribution in [0, 0.1) is 5.92 Å². The molecule has 0 bridgehead atoms. The van der Waals surface area contributed by atoms with E-state index in [9.17, 15) is 0 Å². The summed E-state index contributed by atoms with van der Waals surface area (Å²) in [5.41, 5.74) is 2.54. The van der Waals surface area contributed by atoms with E-state index in [0.717, 1.165) is 22.8 Å². The molecule has 2 heterocycles. The Morgan fingerprint density at radius 2 is 2.44 bits per heavy atom. The molecular formula is C12H13BrN2O. The van der Waals surface area contributed by atoms with E-state index in [-0.39, 0.29) is 0 Å². The topological polar surface area (TPSA) is 34.1 Å². The van der Waals surface area contributed by atoms with E-state index < -0.39 is 0 Å². The van der Waals surface area contributed by atoms with Gasteiger partial charge in [0, 0.05) is 24.3 Å². The summed E-state index contributed by atoms with van der Waals surface area (Å²) >= 11 is 3.37. The van der Waals surface area contributed by atoms with Crippen molar-refractivity contribution in [2.75, 3.05) is 13.7 Å². The van der Waals surface area contributed by atoms with Gasteiger partial charge in [0.05, 0.1) is 7.11 Å². The Hall–Kier alpha value is -0.870. The van der Waals surface area contributed by atoms with Crippen molar-refractivity contribution in [3.8, 4) is 5.75 Å². The second kappa shape index (κ2) is 3.86. The van der Waals surface area contributed by atoms with Gasteiger partial charge in [-0.3, -0.25) is 0 Å². The summed E-state index contributed by atoms with van der Waals surface area (Å²) in [4.78, 5) is 4.30. The zero-order valence-electron chi connectivity index (χ0n) is 9.03. The number of methoxy groups -OCH3 is 1. The normalized spacial score (nSPS) is 27.0. The van der Waals surface area contributed by atoms with Crippen LogP contribution < -0.4 is 10.1 Å². The summed E-state index contributed by atoms with van der Waals surface area (Å²) in [5, 5.41) is 3.46. The molecule has 0 amide bonds. The van der Waals surface area contributed by atoms with E-state index in [2.05, 4.69) is 32.3 Å². The number of nitrogens with zero attached hydrogens (tertiary/aromatic N) is 1. The van der Waals surface area contributed by atoms with E-state index in [1.807, 2.05) is 12.3 Å². The minimum atomic E-state index is 0.535. The first-order valence-corrected chi connectivity index (χ1v) is 6.22. The number of rotatable bonds is 2. The molecule has 1 saturated heterocycles. The van der Waals surface area contributed by atoms with E-state index in [1.54, 1.807) is 7.11 Å². The highest BCUT2D eigenvalue weighted by Gasteiger charge is 2.37. The molecule has 4 heteroatoms. The van der Waals surface area contributed by atoms with E-state index in [4.69, 9.17) is 4.74 Å². The van der Waals surface area contributed by atoms with Crippen LogP contribution in [0.1, 0.15) is 12.0 Å². The molecule has 3 rings (SSSR count). The molecule has 1 aromatic rings. The van der Waals surface area contributed by atoms with Crippen molar-refractivity contribution in [2.24, 2.45) is 5.92 Å². The third-order valence-electron chi connectivity index (χ3n) is 3.41. The smallest absolute Gasteiger partial charge is 0.152 e. The highest BCUT2D eigenvalue weighted by Crippen LogP contribution is 2.38. The fourth-order valence-corrected chi connectivity index (χ4v) is 2.80. The molecule has 0 unspecified atom stereocenters. The van der Waals surface area contributed by atoms with Crippen molar-refractivity contribution in [1.82, 2.24) is 10.3 Å². The molecule has 0 radical (unpaired) electrons. The minimum absolute atomic E-state index is 0.535. The molecule has 0 spiro atoms. The van der Waals surface area contributed by atoms with E-state index in [1.165, 1.54) is 17.6 Å². The van der Waals surface area contributed by atoms with Gasteiger partial charge >= 0.3 is 0 Å². The van der Waals surface area contributed by atoms with Gasteiger partial charge in [0.1, 0.15) is 4.60 Å². The molecule has 1 fully saturated rings. The van der Waals surface area contributed by atoms with Gasteiger partial charge in [0.15, 0.2) is 5.75 Å². The standard InChI is InChI=1S/C12H13BrN2O/c1-16-10-4-8(6-15-12(10)13)9-3-2-7-5-14-11(7)9/h3-4,6-7,11,14H,2,5H2,1H3/t7-,11+/m1/s1. The second-order valence-electron chi connectivity index (χ2n) is 4.26. The highest BCUT2D eigenvalue weighted by molar-refractivity contribution is 9.10. The molecular weight excluding hydrogens is 268 g/mol. The number of fused-ring (bicyclic) bond motifs is 1. The van der Waals surface area contributed by atoms with Crippen LogP contribution >= 0.6 is 15.9 Å². The Morgan fingerprint density at radius 3 is 3.06 bits per heavy atom. The van der Waals surface area contributed by atoms with Crippen LogP contribution in [0.15, 0.2) is 22.9 Å². The Balaban J connectivity index is 1.95. The first-order valence-electron chi connectivity index (χ1n) is 5.43. The lowest BCUT2D eigenvalue weighted by molar-refractivity contribution is 0.306. The zero-order chi connectivity index (χ0) is 11.1. The summed E-state index contributed by atoms with van der Waals surface area (Å²) in [7, 11) is 1.67. The predicted molar refractivity (Wildman–Crippen MR) is 66.4 cm³/mol. The average Bonchev–Trinajstić information content (AvgIpc) is 2.54. The number of hydrogen-bond donors (Lipinski definition) is 1. The van der Waals surface area contributed by atoms with Crippen LogP contribution in [-0.2, 0) is 0 Å². The molecule has 16 heavy (non-hydrogen) atoms. The van der Waals surface area contributed by atoms with E-state index in [0.29, 0.717) is 6.04 Å². The lowest BCUT2D eigenvalue weighted by atomic mass is 9.89. The lowest BCUT2D eigenvalue weighted by Crippen LogP contribution is -2.50. The van der Waals surface area contributed by atoms with Gasteiger partial charge in [-0.25, -0.2) is 4.98 Å². The summed E-state index contributed by atoms with van der Waals surface area (Å²) in [5.74, 6) is 1.59. The van der Waals surface area contributed by atoms with Gasteiger partial charge in [-0.15, -0.1) is 0 Å². The molecule has 0 saturated carbocycles. The maximum Gasteiger partial charge on any atom is 0.152 e. The molecule has 1 aliphatic carbocycles. The number of hydrogen-bond acceptors (Lipinski definition) is 3. The van der Waals surface area contributed by atoms with Gasteiger partial charge in [0.25, 0.3) is 0 Å². The molecule has 1 aliphatic heterocycles. The molecule has 0 aromatic carbocycles. The van der Waals surface area contributed by atoms with Gasteiger partial charge in [-0.05, 0) is 39.9 Å². The SMILES string of the molecule is COc1cc(C2=CC[C@@H]3CN[C@H]23)cnc1Br. The first-order chi connectivity index (χ1) is 7.79. The zero-order valence-corrected chi connectivity index (χ0v) is 10.6. The minimum Gasteiger partial charge on any atom is -0.494 e. The number of aromatic nitrogens is 1. The van der Waals surface area contributed by atoms with Crippen molar-refractivity contribution in [2.45, 2.75) is 12.5 Å². The van der Waals surface area contributed by atoms with Crippen molar-refractivity contribution in [3.63, 3.8) is 0 Å². The van der Waals surface area contributed by atoms with Crippen molar-refractivity contribution in [3.05, 3.63) is 28.5 Å². The molecule has 3 nitrogen and oxygen atoms in total. The summed E-state index contributed by atoms with van der Waals surface area (Å²) in [6.45, 7) is 1.14. The summed E-state index contributed by atoms with van der Waals surface area (Å²) < 4.78 is 6.03. The van der Waals surface area contributed by atoms with Gasteiger partial charge < -0.3 is 10.1 Å². The number of halogens is 1. The highest BCUT2D eigenvalue weighted by atomic mass is 79.9. The van der Waals surface area contributed by atoms with Crippen molar-refractivity contribution in [1.29, 1.82) is 0 Å². The van der Waals surface area contributed by atoms with E-state index >= 15 is 0 Å². The Labute approximate surface area is 103 Å². The third-order valence-corrected chi connectivity index (χ3v) is 4.00. The van der Waals surface area contributed by atoms with Gasteiger partial charge in [0.2, 0.25) is 0 Å². The fourth-order valence-electron chi connectivity index (χ4n) is 2.42. The number of allylic oxidation sites excluding steroid dienone is 1. The van der Waals surface area contributed by atoms with Crippen LogP contribution in [0.4, 0.5) is 0 Å². The van der Waals surface area contributed by atoms with Crippen LogP contribution in [0.2, 0.25) is 0 Å². The predicted octanol–water partition coefficient (Wildman–Crippen LogP) is 2.23. The van der Waals surface area contributed by atoms with Crippen LogP contribution in [0.25, 0.3) is 5.57 Å². The van der Waals surface area contributed by atoms with Crippen LogP contribution in [-0.4, -0.2) is 24.7 Å². The molecule has 1 aromatic heterocycles. The maximum absolute atomic E-state index is 5.27. The molecule has 2 aliphatic rings. The Morgan fingerprint density at radius 1 is 1.56 bits per heavy atom. The Bertz CT molecular complexity index is 458. The Kier molecular flexibility index (Phi) is 2.48. The van der Waals surface area contributed by atoms with Gasteiger partial charge in [-0.1, -0.05) is 6.08 Å². The van der Waals surface area contributed by atoms with Gasteiger partial charge in [-0.2, -0.15) is 0 Å². The monoisotopic (exact) mass is 280 g/mol. The average molecular weight is 281 g/mol. The first kappa shape index (κ1) is 10.3. The quantitative estimate of drug-likeness (QED) is 0.844. The molecule has 1 N–H and O–H groups in total. The summed E-state index contributed by atoms with van der Waals surface area (Å²) in [6, 6.07) is 2.58. The number of nitrogens with one attached hydrogen (secondary N) is 1. The third kappa shape index (κ3) is 1.48. The van der Waals surface area contributed by atoms with Crippen LogP contribution in [0.5, 0.6) is 5.75 Å².